The quantitative estimate of drug-likeness (QED) is 0.627. The number of ether oxygens (including phenoxy) is 3. The van der Waals surface area contributed by atoms with Crippen molar-refractivity contribution in [1.29, 1.82) is 0 Å². The van der Waals surface area contributed by atoms with Crippen molar-refractivity contribution in [2.45, 2.75) is 6.54 Å². The van der Waals surface area contributed by atoms with Gasteiger partial charge in [0.15, 0.2) is 11.5 Å². The van der Waals surface area contributed by atoms with E-state index in [1.807, 2.05) is 54.6 Å². The number of methoxy groups -OCH3 is 3. The Labute approximate surface area is 164 Å². The fourth-order valence-corrected chi connectivity index (χ4v) is 2.88. The van der Waals surface area contributed by atoms with Gasteiger partial charge in [-0.3, -0.25) is 4.79 Å². The van der Waals surface area contributed by atoms with Gasteiger partial charge in [0, 0.05) is 12.6 Å². The molecule has 0 bridgehead atoms. The second kappa shape index (κ2) is 8.95. The molecule has 0 aliphatic heterocycles. The van der Waals surface area contributed by atoms with Gasteiger partial charge in [-0.15, -0.1) is 0 Å². The molecule has 0 fully saturated rings. The first-order valence-corrected chi connectivity index (χ1v) is 8.87. The zero-order valence-electron chi connectivity index (χ0n) is 16.2. The predicted molar refractivity (Wildman–Crippen MR) is 111 cm³/mol. The lowest BCUT2D eigenvalue weighted by Crippen LogP contribution is -2.20. The van der Waals surface area contributed by atoms with E-state index < -0.39 is 0 Å². The van der Waals surface area contributed by atoms with Crippen LogP contribution in [0.25, 0.3) is 16.8 Å². The molecule has 0 saturated heterocycles. The van der Waals surface area contributed by atoms with Crippen LogP contribution in [0.1, 0.15) is 11.1 Å². The van der Waals surface area contributed by atoms with E-state index in [0.717, 1.165) is 27.6 Å². The molecular formula is C23H23NO4. The normalized spacial score (nSPS) is 10.8. The smallest absolute Gasteiger partial charge is 0.244 e. The molecule has 0 aliphatic rings. The van der Waals surface area contributed by atoms with Crippen molar-refractivity contribution in [2.24, 2.45) is 0 Å². The Bertz CT molecular complexity index is 1010. The summed E-state index contributed by atoms with van der Waals surface area (Å²) in [6.45, 7) is 0.404. The molecule has 0 aromatic heterocycles. The first kappa shape index (κ1) is 19.3. The van der Waals surface area contributed by atoms with E-state index in [-0.39, 0.29) is 5.91 Å². The maximum atomic E-state index is 12.1. The van der Waals surface area contributed by atoms with Crippen molar-refractivity contribution in [3.63, 3.8) is 0 Å². The van der Waals surface area contributed by atoms with Gasteiger partial charge in [-0.05, 0) is 58.3 Å². The largest absolute Gasteiger partial charge is 0.497 e. The monoisotopic (exact) mass is 377 g/mol. The van der Waals surface area contributed by atoms with E-state index in [1.54, 1.807) is 27.4 Å². The van der Waals surface area contributed by atoms with E-state index in [9.17, 15) is 4.79 Å². The van der Waals surface area contributed by atoms with E-state index in [1.165, 1.54) is 6.08 Å². The van der Waals surface area contributed by atoms with E-state index in [2.05, 4.69) is 5.32 Å². The molecule has 0 unspecified atom stereocenters. The topological polar surface area (TPSA) is 56.8 Å². The Balaban J connectivity index is 1.63. The van der Waals surface area contributed by atoms with Crippen molar-refractivity contribution >= 4 is 22.8 Å². The minimum absolute atomic E-state index is 0.162. The fraction of sp³-hybridized carbons (Fsp3) is 0.174. The van der Waals surface area contributed by atoms with Gasteiger partial charge in [0.25, 0.3) is 0 Å². The maximum absolute atomic E-state index is 12.1. The molecule has 3 aromatic rings. The van der Waals surface area contributed by atoms with Gasteiger partial charge in [0.1, 0.15) is 5.75 Å². The first-order chi connectivity index (χ1) is 13.6. The summed E-state index contributed by atoms with van der Waals surface area (Å²) >= 11 is 0. The van der Waals surface area contributed by atoms with Crippen LogP contribution in [0, 0.1) is 0 Å². The summed E-state index contributed by atoms with van der Waals surface area (Å²) in [6, 6.07) is 17.5. The number of benzene rings is 3. The molecule has 3 aromatic carbocycles. The predicted octanol–water partition coefficient (Wildman–Crippen LogP) is 4.20. The average Bonchev–Trinajstić information content (AvgIpc) is 2.75. The zero-order valence-corrected chi connectivity index (χ0v) is 16.2. The van der Waals surface area contributed by atoms with Crippen LogP contribution in [0.4, 0.5) is 0 Å². The number of rotatable bonds is 7. The van der Waals surface area contributed by atoms with E-state index in [0.29, 0.717) is 18.0 Å². The molecule has 3 rings (SSSR count). The highest BCUT2D eigenvalue weighted by Crippen LogP contribution is 2.27. The number of carbonyl (C=O) groups is 1. The Morgan fingerprint density at radius 1 is 0.857 bits per heavy atom. The van der Waals surface area contributed by atoms with Crippen LogP contribution in [-0.4, -0.2) is 27.2 Å². The molecule has 0 saturated carbocycles. The molecule has 0 aliphatic carbocycles. The van der Waals surface area contributed by atoms with Crippen LogP contribution in [0.15, 0.2) is 60.7 Å². The van der Waals surface area contributed by atoms with Gasteiger partial charge in [-0.2, -0.15) is 0 Å². The minimum atomic E-state index is -0.162. The lowest BCUT2D eigenvalue weighted by atomic mass is 10.1. The second-order valence-corrected chi connectivity index (χ2v) is 6.21. The highest BCUT2D eigenvalue weighted by molar-refractivity contribution is 5.93. The summed E-state index contributed by atoms with van der Waals surface area (Å²) in [5.74, 6) is 1.96. The fourth-order valence-electron chi connectivity index (χ4n) is 2.88. The molecule has 5 heteroatoms. The number of hydrogen-bond donors (Lipinski definition) is 1. The lowest BCUT2D eigenvalue weighted by molar-refractivity contribution is -0.116. The highest BCUT2D eigenvalue weighted by Gasteiger charge is 2.05. The zero-order chi connectivity index (χ0) is 19.9. The van der Waals surface area contributed by atoms with Crippen LogP contribution in [0.5, 0.6) is 17.2 Å². The second-order valence-electron chi connectivity index (χ2n) is 6.21. The van der Waals surface area contributed by atoms with E-state index >= 15 is 0 Å². The third-order valence-corrected chi connectivity index (χ3v) is 4.41. The minimum Gasteiger partial charge on any atom is -0.497 e. The standard InChI is InChI=1S/C23H23NO4/c1-26-20-9-8-18-12-16(4-7-19(18)14-20)6-11-23(25)24-15-17-5-10-21(27-2)22(13-17)28-3/h4-14H,15H2,1-3H3,(H,24,25)/b11-6+. The molecule has 28 heavy (non-hydrogen) atoms. The summed E-state index contributed by atoms with van der Waals surface area (Å²) < 4.78 is 15.7. The van der Waals surface area contributed by atoms with Crippen molar-refractivity contribution in [2.75, 3.05) is 21.3 Å². The summed E-state index contributed by atoms with van der Waals surface area (Å²) in [5.41, 5.74) is 1.89. The number of amides is 1. The van der Waals surface area contributed by atoms with Crippen LogP contribution in [-0.2, 0) is 11.3 Å². The SMILES string of the molecule is COc1ccc2cc(/C=C/C(=O)NCc3ccc(OC)c(OC)c3)ccc2c1. The van der Waals surface area contributed by atoms with E-state index in [4.69, 9.17) is 14.2 Å². The van der Waals surface area contributed by atoms with Gasteiger partial charge in [-0.25, -0.2) is 0 Å². The Morgan fingerprint density at radius 2 is 1.61 bits per heavy atom. The summed E-state index contributed by atoms with van der Waals surface area (Å²) in [6.07, 6.45) is 3.33. The Morgan fingerprint density at radius 3 is 2.36 bits per heavy atom. The summed E-state index contributed by atoms with van der Waals surface area (Å²) in [5, 5.41) is 5.06. The number of nitrogens with one attached hydrogen (secondary N) is 1. The number of hydrogen-bond acceptors (Lipinski definition) is 4. The van der Waals surface area contributed by atoms with Crippen LogP contribution in [0.3, 0.4) is 0 Å². The Kier molecular flexibility index (Phi) is 6.17. The molecule has 1 amide bonds. The molecule has 0 heterocycles. The molecule has 1 N–H and O–H groups in total. The van der Waals surface area contributed by atoms with Crippen molar-refractivity contribution in [3.8, 4) is 17.2 Å². The van der Waals surface area contributed by atoms with Crippen LogP contribution in [0.2, 0.25) is 0 Å². The summed E-state index contributed by atoms with van der Waals surface area (Å²) in [4.78, 5) is 12.1. The third-order valence-electron chi connectivity index (χ3n) is 4.41. The Hall–Kier alpha value is -3.47. The lowest BCUT2D eigenvalue weighted by Gasteiger charge is -2.09. The molecular weight excluding hydrogens is 354 g/mol. The molecule has 144 valence electrons. The van der Waals surface area contributed by atoms with Crippen LogP contribution >= 0.6 is 0 Å². The van der Waals surface area contributed by atoms with Crippen LogP contribution < -0.4 is 19.5 Å². The average molecular weight is 377 g/mol. The van der Waals surface area contributed by atoms with Gasteiger partial charge < -0.3 is 19.5 Å². The van der Waals surface area contributed by atoms with Crippen molar-refractivity contribution < 1.29 is 19.0 Å². The van der Waals surface area contributed by atoms with Gasteiger partial charge in [0.05, 0.1) is 21.3 Å². The maximum Gasteiger partial charge on any atom is 0.244 e. The van der Waals surface area contributed by atoms with Crippen molar-refractivity contribution in [3.05, 3.63) is 71.8 Å². The van der Waals surface area contributed by atoms with Gasteiger partial charge in [0.2, 0.25) is 5.91 Å². The van der Waals surface area contributed by atoms with Gasteiger partial charge >= 0.3 is 0 Å². The first-order valence-electron chi connectivity index (χ1n) is 8.87. The third kappa shape index (κ3) is 4.62. The number of fused-ring (bicyclic) bond motifs is 1. The molecule has 0 atom stereocenters. The number of carbonyl (C=O) groups excluding carboxylic acids is 1. The van der Waals surface area contributed by atoms with Gasteiger partial charge in [-0.1, -0.05) is 24.3 Å². The molecule has 5 nitrogen and oxygen atoms in total. The molecule has 0 spiro atoms. The van der Waals surface area contributed by atoms with Crippen molar-refractivity contribution in [1.82, 2.24) is 5.32 Å². The summed E-state index contributed by atoms with van der Waals surface area (Å²) in [7, 11) is 4.83. The molecule has 0 radical (unpaired) electrons. The highest BCUT2D eigenvalue weighted by atomic mass is 16.5.